The molecule has 0 saturated heterocycles. The molecule has 1 amide bonds. The van der Waals surface area contributed by atoms with Gasteiger partial charge in [0.2, 0.25) is 5.91 Å². The minimum Gasteiger partial charge on any atom is -0.347 e. The van der Waals surface area contributed by atoms with Crippen LogP contribution in [0.1, 0.15) is 12.0 Å². The summed E-state index contributed by atoms with van der Waals surface area (Å²) in [7, 11) is 0. The van der Waals surface area contributed by atoms with Crippen LogP contribution < -0.4 is 5.32 Å². The Hall–Kier alpha value is -2.26. The second-order valence-electron chi connectivity index (χ2n) is 5.33. The van der Waals surface area contributed by atoms with Crippen LogP contribution in [-0.2, 0) is 11.3 Å². The van der Waals surface area contributed by atoms with Crippen molar-refractivity contribution in [3.63, 3.8) is 0 Å². The Morgan fingerprint density at radius 1 is 1.18 bits per heavy atom. The molecule has 3 aromatic rings. The van der Waals surface area contributed by atoms with Crippen molar-refractivity contribution in [3.8, 4) is 0 Å². The third-order valence-electron chi connectivity index (χ3n) is 3.72. The maximum Gasteiger partial charge on any atom is 0.226 e. The monoisotopic (exact) mass is 312 g/mol. The zero-order chi connectivity index (χ0) is 15.5. The fraction of sp³-hybridized carbons (Fsp3) is 0.167. The Morgan fingerprint density at radius 2 is 2.00 bits per heavy atom. The Bertz CT molecular complexity index is 823. The number of nitrogens with zero attached hydrogens (tertiary/aromatic N) is 1. The topological polar surface area (TPSA) is 34.0 Å². The summed E-state index contributed by atoms with van der Waals surface area (Å²) in [5.41, 5.74) is 2.88. The van der Waals surface area contributed by atoms with Crippen LogP contribution in [-0.4, -0.2) is 10.5 Å². The number of rotatable bonds is 4. The summed E-state index contributed by atoms with van der Waals surface area (Å²) in [5, 5.41) is 4.73. The van der Waals surface area contributed by atoms with Gasteiger partial charge in [-0.3, -0.25) is 4.79 Å². The Morgan fingerprint density at radius 3 is 2.82 bits per heavy atom. The maximum atomic E-state index is 12.1. The molecule has 1 heterocycles. The summed E-state index contributed by atoms with van der Waals surface area (Å²) >= 11 is 6.07. The van der Waals surface area contributed by atoms with Gasteiger partial charge in [-0.25, -0.2) is 0 Å². The van der Waals surface area contributed by atoms with Gasteiger partial charge in [-0.15, -0.1) is 0 Å². The minimum atomic E-state index is -0.0160. The van der Waals surface area contributed by atoms with E-state index < -0.39 is 0 Å². The number of nitrogens with one attached hydrogen (secondary N) is 1. The van der Waals surface area contributed by atoms with Gasteiger partial charge in [0.05, 0.1) is 0 Å². The number of amides is 1. The molecule has 0 aliphatic carbocycles. The van der Waals surface area contributed by atoms with E-state index in [0.717, 1.165) is 16.8 Å². The lowest BCUT2D eigenvalue weighted by molar-refractivity contribution is -0.116. The first kappa shape index (κ1) is 14.7. The van der Waals surface area contributed by atoms with Gasteiger partial charge in [0.15, 0.2) is 0 Å². The van der Waals surface area contributed by atoms with Crippen molar-refractivity contribution in [1.29, 1.82) is 0 Å². The normalized spacial score (nSPS) is 10.8. The molecule has 3 nitrogen and oxygen atoms in total. The molecule has 0 spiro atoms. The average molecular weight is 313 g/mol. The standard InChI is InChI=1S/C18H17ClN2O/c1-13-6-7-15(12-16(13)19)20-18(22)9-11-21-10-8-14-4-2-3-5-17(14)21/h2-8,10,12H,9,11H2,1H3,(H,20,22). The summed E-state index contributed by atoms with van der Waals surface area (Å²) in [5.74, 6) is -0.0160. The molecule has 0 bridgehead atoms. The van der Waals surface area contributed by atoms with Gasteiger partial charge in [0.1, 0.15) is 0 Å². The molecule has 0 fully saturated rings. The SMILES string of the molecule is Cc1ccc(NC(=O)CCn2ccc3ccccc32)cc1Cl. The van der Waals surface area contributed by atoms with Crippen molar-refractivity contribution >= 4 is 34.1 Å². The smallest absolute Gasteiger partial charge is 0.226 e. The van der Waals surface area contributed by atoms with E-state index in [9.17, 15) is 4.79 Å². The number of halogens is 1. The van der Waals surface area contributed by atoms with E-state index in [4.69, 9.17) is 11.6 Å². The fourth-order valence-corrected chi connectivity index (χ4v) is 2.63. The predicted octanol–water partition coefficient (Wildman–Crippen LogP) is 4.63. The number of hydrogen-bond donors (Lipinski definition) is 1. The van der Waals surface area contributed by atoms with Crippen LogP contribution in [0.25, 0.3) is 10.9 Å². The van der Waals surface area contributed by atoms with Gasteiger partial charge < -0.3 is 9.88 Å². The molecule has 112 valence electrons. The Labute approximate surface area is 134 Å². The number of fused-ring (bicyclic) bond motifs is 1. The average Bonchev–Trinajstić information content (AvgIpc) is 2.92. The summed E-state index contributed by atoms with van der Waals surface area (Å²) in [6.07, 6.45) is 2.44. The molecule has 2 aromatic carbocycles. The zero-order valence-electron chi connectivity index (χ0n) is 12.3. The van der Waals surface area contributed by atoms with Gasteiger partial charge in [0, 0.05) is 35.4 Å². The van der Waals surface area contributed by atoms with Crippen LogP contribution >= 0.6 is 11.6 Å². The molecular weight excluding hydrogens is 296 g/mol. The second kappa shape index (κ2) is 6.24. The zero-order valence-corrected chi connectivity index (χ0v) is 13.1. The highest BCUT2D eigenvalue weighted by atomic mass is 35.5. The van der Waals surface area contributed by atoms with Crippen molar-refractivity contribution in [2.75, 3.05) is 5.32 Å². The van der Waals surface area contributed by atoms with Crippen molar-refractivity contribution in [1.82, 2.24) is 4.57 Å². The van der Waals surface area contributed by atoms with Crippen molar-refractivity contribution in [2.24, 2.45) is 0 Å². The van der Waals surface area contributed by atoms with Crippen LogP contribution in [0.15, 0.2) is 54.7 Å². The van der Waals surface area contributed by atoms with Crippen LogP contribution in [0.5, 0.6) is 0 Å². The van der Waals surface area contributed by atoms with Gasteiger partial charge in [-0.2, -0.15) is 0 Å². The number of benzene rings is 2. The Balaban J connectivity index is 1.63. The molecule has 3 rings (SSSR count). The molecule has 22 heavy (non-hydrogen) atoms. The molecule has 4 heteroatoms. The number of carbonyl (C=O) groups excluding carboxylic acids is 1. The first-order valence-corrected chi connectivity index (χ1v) is 7.61. The third kappa shape index (κ3) is 3.15. The van der Waals surface area contributed by atoms with Gasteiger partial charge in [-0.1, -0.05) is 35.9 Å². The molecule has 0 aliphatic rings. The molecular formula is C18H17ClN2O. The first-order chi connectivity index (χ1) is 10.6. The first-order valence-electron chi connectivity index (χ1n) is 7.23. The van der Waals surface area contributed by atoms with E-state index in [-0.39, 0.29) is 5.91 Å². The van der Waals surface area contributed by atoms with Gasteiger partial charge in [-0.05, 0) is 42.1 Å². The molecule has 0 saturated carbocycles. The van der Waals surface area contributed by atoms with E-state index in [1.54, 1.807) is 6.07 Å². The van der Waals surface area contributed by atoms with E-state index in [1.807, 2.05) is 37.4 Å². The van der Waals surface area contributed by atoms with Crippen LogP contribution in [0.3, 0.4) is 0 Å². The van der Waals surface area contributed by atoms with E-state index in [2.05, 4.69) is 28.1 Å². The molecule has 1 aromatic heterocycles. The highest BCUT2D eigenvalue weighted by Gasteiger charge is 2.06. The number of aryl methyl sites for hydroxylation is 2. The lowest BCUT2D eigenvalue weighted by Gasteiger charge is -2.08. The predicted molar refractivity (Wildman–Crippen MR) is 91.4 cm³/mol. The number of hydrogen-bond acceptors (Lipinski definition) is 1. The van der Waals surface area contributed by atoms with E-state index in [0.29, 0.717) is 18.0 Å². The third-order valence-corrected chi connectivity index (χ3v) is 4.12. The van der Waals surface area contributed by atoms with E-state index >= 15 is 0 Å². The second-order valence-corrected chi connectivity index (χ2v) is 5.74. The number of aromatic nitrogens is 1. The minimum absolute atomic E-state index is 0.0160. The number of anilines is 1. The number of carbonyl (C=O) groups is 1. The van der Waals surface area contributed by atoms with Crippen LogP contribution in [0.2, 0.25) is 5.02 Å². The molecule has 0 aliphatic heterocycles. The maximum absolute atomic E-state index is 12.1. The fourth-order valence-electron chi connectivity index (χ4n) is 2.45. The van der Waals surface area contributed by atoms with E-state index in [1.165, 1.54) is 5.39 Å². The van der Waals surface area contributed by atoms with Gasteiger partial charge >= 0.3 is 0 Å². The summed E-state index contributed by atoms with van der Waals surface area (Å²) in [4.78, 5) is 12.1. The van der Waals surface area contributed by atoms with Crippen LogP contribution in [0, 0.1) is 6.92 Å². The molecule has 0 radical (unpaired) electrons. The molecule has 0 unspecified atom stereocenters. The largest absolute Gasteiger partial charge is 0.347 e. The highest BCUT2D eigenvalue weighted by Crippen LogP contribution is 2.20. The number of para-hydroxylation sites is 1. The molecule has 0 atom stereocenters. The Kier molecular flexibility index (Phi) is 4.16. The van der Waals surface area contributed by atoms with Crippen molar-refractivity contribution in [3.05, 3.63) is 65.3 Å². The van der Waals surface area contributed by atoms with Gasteiger partial charge in [0.25, 0.3) is 0 Å². The summed E-state index contributed by atoms with van der Waals surface area (Å²) in [6.45, 7) is 2.59. The summed E-state index contributed by atoms with van der Waals surface area (Å²) < 4.78 is 2.09. The van der Waals surface area contributed by atoms with Crippen LogP contribution in [0.4, 0.5) is 5.69 Å². The quantitative estimate of drug-likeness (QED) is 0.748. The van der Waals surface area contributed by atoms with Crippen molar-refractivity contribution < 1.29 is 4.79 Å². The highest BCUT2D eigenvalue weighted by molar-refractivity contribution is 6.31. The summed E-state index contributed by atoms with van der Waals surface area (Å²) in [6, 6.07) is 15.8. The lowest BCUT2D eigenvalue weighted by Crippen LogP contribution is -2.14. The molecule has 1 N–H and O–H groups in total. The van der Waals surface area contributed by atoms with Crippen molar-refractivity contribution in [2.45, 2.75) is 19.9 Å². The lowest BCUT2D eigenvalue weighted by atomic mass is 10.2.